The number of hydrogen-bond acceptors (Lipinski definition) is 8. The van der Waals surface area contributed by atoms with Crippen molar-refractivity contribution in [3.05, 3.63) is 29.8 Å². The first-order valence-corrected chi connectivity index (χ1v) is 7.90. The van der Waals surface area contributed by atoms with Crippen molar-refractivity contribution in [1.82, 2.24) is 0 Å². The minimum absolute atomic E-state index is 0.165. The zero-order valence-electron chi connectivity index (χ0n) is 13.3. The second-order valence-corrected chi connectivity index (χ2v) is 5.98. The van der Waals surface area contributed by atoms with Gasteiger partial charge in [0.15, 0.2) is 17.3 Å². The summed E-state index contributed by atoms with van der Waals surface area (Å²) in [6.45, 7) is -0.360. The highest BCUT2D eigenvalue weighted by Crippen LogP contribution is 2.32. The third-order valence-corrected chi connectivity index (χ3v) is 4.25. The molecular formula is C17H20O8. The molecule has 136 valence electrons. The summed E-state index contributed by atoms with van der Waals surface area (Å²) in [5.74, 6) is 0.912. The molecule has 4 N–H and O–H groups in total. The largest absolute Gasteiger partial charge is 0.454 e. The first kappa shape index (κ1) is 17.8. The Kier molecular flexibility index (Phi) is 5.36. The molecule has 1 aromatic rings. The molecule has 0 radical (unpaired) electrons. The van der Waals surface area contributed by atoms with Crippen LogP contribution >= 0.6 is 0 Å². The zero-order chi connectivity index (χ0) is 18.0. The minimum Gasteiger partial charge on any atom is -0.454 e. The number of benzene rings is 1. The van der Waals surface area contributed by atoms with Gasteiger partial charge in [0.2, 0.25) is 6.79 Å². The van der Waals surface area contributed by atoms with Gasteiger partial charge in [-0.3, -0.25) is 4.79 Å². The van der Waals surface area contributed by atoms with E-state index in [1.807, 2.05) is 0 Å². The highest BCUT2D eigenvalue weighted by Gasteiger charge is 2.43. The van der Waals surface area contributed by atoms with Crippen LogP contribution in [0.1, 0.15) is 12.0 Å². The fraction of sp³-hybridized carbons (Fsp3) is 0.471. The molecule has 0 amide bonds. The van der Waals surface area contributed by atoms with Gasteiger partial charge in [-0.1, -0.05) is 12.1 Å². The van der Waals surface area contributed by atoms with Crippen LogP contribution in [0.25, 0.3) is 6.08 Å². The van der Waals surface area contributed by atoms with Crippen LogP contribution in [0, 0.1) is 0 Å². The van der Waals surface area contributed by atoms with Crippen molar-refractivity contribution in [3.63, 3.8) is 0 Å². The molecule has 0 aliphatic carbocycles. The number of allylic oxidation sites excluding steroid dienone is 1. The molecule has 2 aliphatic heterocycles. The summed E-state index contributed by atoms with van der Waals surface area (Å²) in [6.07, 6.45) is -3.63. The predicted octanol–water partition coefficient (Wildman–Crippen LogP) is -0.770. The normalized spacial score (nSPS) is 31.4. The molecule has 8 nitrogen and oxygen atoms in total. The molecule has 5 atom stereocenters. The molecule has 0 saturated carbocycles. The maximum absolute atomic E-state index is 12.1. The summed E-state index contributed by atoms with van der Waals surface area (Å²) < 4.78 is 15.8. The van der Waals surface area contributed by atoms with Crippen molar-refractivity contribution in [2.45, 2.75) is 36.9 Å². The highest BCUT2D eigenvalue weighted by atomic mass is 16.7. The van der Waals surface area contributed by atoms with Gasteiger partial charge in [-0.05, 0) is 23.8 Å². The number of hydrogen-bond donors (Lipinski definition) is 4. The van der Waals surface area contributed by atoms with E-state index in [4.69, 9.17) is 19.3 Å². The Hall–Kier alpha value is -1.97. The number of carbonyl (C=O) groups excluding carboxylic acids is 1. The minimum atomic E-state index is -1.48. The Balaban J connectivity index is 1.61. The molecule has 3 rings (SSSR count). The van der Waals surface area contributed by atoms with Crippen LogP contribution in [-0.2, 0) is 9.53 Å². The summed E-state index contributed by atoms with van der Waals surface area (Å²) >= 11 is 0. The monoisotopic (exact) mass is 352 g/mol. The maximum Gasteiger partial charge on any atom is 0.231 e. The lowest BCUT2D eigenvalue weighted by molar-refractivity contribution is -0.229. The van der Waals surface area contributed by atoms with Gasteiger partial charge in [0.25, 0.3) is 0 Å². The van der Waals surface area contributed by atoms with E-state index in [1.54, 1.807) is 24.3 Å². The summed E-state index contributed by atoms with van der Waals surface area (Å²) in [6, 6.07) is 5.25. The van der Waals surface area contributed by atoms with Crippen molar-refractivity contribution in [2.75, 3.05) is 13.4 Å². The van der Waals surface area contributed by atoms with E-state index in [0.29, 0.717) is 11.5 Å². The Bertz CT molecular complexity index is 656. The van der Waals surface area contributed by atoms with Gasteiger partial charge >= 0.3 is 0 Å². The van der Waals surface area contributed by atoms with Gasteiger partial charge in [0, 0.05) is 6.42 Å². The van der Waals surface area contributed by atoms with E-state index < -0.39 is 37.1 Å². The lowest BCUT2D eigenvalue weighted by Crippen LogP contribution is -2.58. The summed E-state index contributed by atoms with van der Waals surface area (Å²) in [5, 5.41) is 38.5. The molecule has 2 heterocycles. The van der Waals surface area contributed by atoms with Gasteiger partial charge in [0.1, 0.15) is 24.4 Å². The van der Waals surface area contributed by atoms with Crippen molar-refractivity contribution in [3.8, 4) is 11.5 Å². The standard InChI is InChI=1S/C17H20O8/c18-7-14-16(21)17(22)15(20)13(25-14)6-10(19)3-1-9-2-4-11-12(5-9)24-8-23-11/h1-5,13-18,20-22H,6-8H2/b3-1+/t13-,14+,15-,16+,17+/m0/s1. The Labute approximate surface area is 143 Å². The molecule has 0 bridgehead atoms. The van der Waals surface area contributed by atoms with Crippen LogP contribution in [0.2, 0.25) is 0 Å². The van der Waals surface area contributed by atoms with Crippen molar-refractivity contribution >= 4 is 11.9 Å². The number of aliphatic hydroxyl groups is 4. The number of ether oxygens (including phenoxy) is 3. The maximum atomic E-state index is 12.1. The van der Waals surface area contributed by atoms with Crippen LogP contribution < -0.4 is 9.47 Å². The molecular weight excluding hydrogens is 332 g/mol. The predicted molar refractivity (Wildman–Crippen MR) is 85.0 cm³/mol. The number of carbonyl (C=O) groups is 1. The molecule has 0 spiro atoms. The molecule has 0 aromatic heterocycles. The second-order valence-electron chi connectivity index (χ2n) is 5.98. The van der Waals surface area contributed by atoms with E-state index in [9.17, 15) is 20.1 Å². The van der Waals surface area contributed by atoms with Crippen LogP contribution in [0.5, 0.6) is 11.5 Å². The average molecular weight is 352 g/mol. The fourth-order valence-electron chi connectivity index (χ4n) is 2.82. The molecule has 1 saturated heterocycles. The number of fused-ring (bicyclic) bond motifs is 1. The summed E-state index contributed by atoms with van der Waals surface area (Å²) in [7, 11) is 0. The van der Waals surface area contributed by atoms with E-state index in [-0.39, 0.29) is 19.0 Å². The van der Waals surface area contributed by atoms with Crippen LogP contribution in [0.4, 0.5) is 0 Å². The molecule has 25 heavy (non-hydrogen) atoms. The third-order valence-electron chi connectivity index (χ3n) is 4.25. The molecule has 0 unspecified atom stereocenters. The zero-order valence-corrected chi connectivity index (χ0v) is 13.3. The van der Waals surface area contributed by atoms with Gasteiger partial charge in [-0.15, -0.1) is 0 Å². The first-order valence-electron chi connectivity index (χ1n) is 7.90. The van der Waals surface area contributed by atoms with Crippen LogP contribution in [-0.4, -0.2) is 70.1 Å². The fourth-order valence-corrected chi connectivity index (χ4v) is 2.82. The number of aliphatic hydroxyl groups excluding tert-OH is 4. The summed E-state index contributed by atoms with van der Waals surface area (Å²) in [4.78, 5) is 12.1. The van der Waals surface area contributed by atoms with Crippen molar-refractivity contribution in [2.24, 2.45) is 0 Å². The highest BCUT2D eigenvalue weighted by molar-refractivity contribution is 5.94. The molecule has 1 aromatic carbocycles. The van der Waals surface area contributed by atoms with Crippen LogP contribution in [0.15, 0.2) is 24.3 Å². The van der Waals surface area contributed by atoms with Gasteiger partial charge < -0.3 is 34.6 Å². The summed E-state index contributed by atoms with van der Waals surface area (Å²) in [5.41, 5.74) is 0.742. The van der Waals surface area contributed by atoms with Gasteiger partial charge in [-0.2, -0.15) is 0 Å². The first-order chi connectivity index (χ1) is 12.0. The SMILES string of the molecule is O=C(/C=C/c1ccc2c(c1)OCO2)C[C@@H]1O[C@H](CO)[C@@H](O)[C@H](O)[C@H]1O. The number of rotatable bonds is 5. The van der Waals surface area contributed by atoms with Crippen molar-refractivity contribution < 1.29 is 39.4 Å². The Morgan fingerprint density at radius 2 is 1.80 bits per heavy atom. The lowest BCUT2D eigenvalue weighted by atomic mass is 9.92. The average Bonchev–Trinajstić information content (AvgIpc) is 3.08. The van der Waals surface area contributed by atoms with E-state index >= 15 is 0 Å². The second kappa shape index (κ2) is 7.51. The van der Waals surface area contributed by atoms with E-state index in [0.717, 1.165) is 5.56 Å². The lowest BCUT2D eigenvalue weighted by Gasteiger charge is -2.39. The number of ketones is 1. The Morgan fingerprint density at radius 1 is 1.08 bits per heavy atom. The van der Waals surface area contributed by atoms with Gasteiger partial charge in [0.05, 0.1) is 12.7 Å². The molecule has 1 fully saturated rings. The van der Waals surface area contributed by atoms with Gasteiger partial charge in [-0.25, -0.2) is 0 Å². The third kappa shape index (κ3) is 3.83. The molecule has 2 aliphatic rings. The Morgan fingerprint density at radius 3 is 2.56 bits per heavy atom. The van der Waals surface area contributed by atoms with Crippen molar-refractivity contribution in [1.29, 1.82) is 0 Å². The van der Waals surface area contributed by atoms with Crippen LogP contribution in [0.3, 0.4) is 0 Å². The molecule has 8 heteroatoms. The smallest absolute Gasteiger partial charge is 0.231 e. The van der Waals surface area contributed by atoms with E-state index in [1.165, 1.54) is 6.08 Å². The topological polar surface area (TPSA) is 126 Å². The van der Waals surface area contributed by atoms with E-state index in [2.05, 4.69) is 0 Å². The quantitative estimate of drug-likeness (QED) is 0.509.